The number of imidazole rings is 1. The number of fused-ring (bicyclic) bond motifs is 1. The normalized spacial score (nSPS) is 12.8. The van der Waals surface area contributed by atoms with Crippen molar-refractivity contribution in [1.29, 1.82) is 0 Å². The van der Waals surface area contributed by atoms with Gasteiger partial charge in [0.05, 0.1) is 16.0 Å². The van der Waals surface area contributed by atoms with Crippen LogP contribution in [0.15, 0.2) is 12.1 Å². The lowest BCUT2D eigenvalue weighted by Gasteiger charge is -2.14. The van der Waals surface area contributed by atoms with E-state index in [0.29, 0.717) is 22.6 Å². The zero-order valence-electron chi connectivity index (χ0n) is 11.5. The average Bonchev–Trinajstić information content (AvgIpc) is 2.68. The number of nitrogens with zero attached hydrogens (tertiary/aromatic N) is 2. The number of nitrogens with two attached hydrogens (primary N) is 1. The van der Waals surface area contributed by atoms with Gasteiger partial charge in [0.1, 0.15) is 5.82 Å². The van der Waals surface area contributed by atoms with E-state index in [9.17, 15) is 8.78 Å². The molecule has 2 rings (SSSR count). The minimum Gasteiger partial charge on any atom is -0.393 e. The highest BCUT2D eigenvalue weighted by Gasteiger charge is 2.16. The van der Waals surface area contributed by atoms with Gasteiger partial charge in [-0.2, -0.15) is 0 Å². The van der Waals surface area contributed by atoms with Crippen molar-refractivity contribution in [2.75, 3.05) is 0 Å². The number of aromatic nitrogens is 2. The summed E-state index contributed by atoms with van der Waals surface area (Å²) in [6, 6.07) is 2.31. The summed E-state index contributed by atoms with van der Waals surface area (Å²) < 4.78 is 28.6. The molecule has 1 aromatic carbocycles. The second-order valence-electron chi connectivity index (χ2n) is 4.95. The Balaban J connectivity index is 2.55. The fraction of sp³-hybridized carbons (Fsp3) is 0.429. The summed E-state index contributed by atoms with van der Waals surface area (Å²) in [6.07, 6.45) is 1.64. The van der Waals surface area contributed by atoms with Crippen LogP contribution < -0.4 is 5.73 Å². The van der Waals surface area contributed by atoms with E-state index in [1.807, 2.05) is 18.4 Å². The van der Waals surface area contributed by atoms with Crippen molar-refractivity contribution in [3.8, 4) is 0 Å². The highest BCUT2D eigenvalue weighted by atomic mass is 32.1. The van der Waals surface area contributed by atoms with E-state index in [0.717, 1.165) is 24.7 Å². The van der Waals surface area contributed by atoms with Gasteiger partial charge in [0.2, 0.25) is 0 Å². The molecule has 1 unspecified atom stereocenters. The van der Waals surface area contributed by atoms with Crippen LogP contribution in [-0.4, -0.2) is 14.5 Å². The molecule has 2 aromatic rings. The van der Waals surface area contributed by atoms with E-state index < -0.39 is 11.6 Å². The number of hydrogen-bond donors (Lipinski definition) is 1. The molecule has 0 aliphatic rings. The third kappa shape index (κ3) is 2.80. The number of aryl methyl sites for hydroxylation is 1. The van der Waals surface area contributed by atoms with Gasteiger partial charge >= 0.3 is 0 Å². The predicted molar refractivity (Wildman–Crippen MR) is 79.6 cm³/mol. The van der Waals surface area contributed by atoms with Crippen molar-refractivity contribution in [2.45, 2.75) is 33.2 Å². The maximum absolute atomic E-state index is 13.5. The molecule has 0 spiro atoms. The lowest BCUT2D eigenvalue weighted by atomic mass is 10.1. The van der Waals surface area contributed by atoms with Gasteiger partial charge in [-0.1, -0.05) is 26.1 Å². The number of halogens is 2. The molecule has 1 atom stereocenters. The van der Waals surface area contributed by atoms with Gasteiger partial charge in [-0.3, -0.25) is 0 Å². The highest BCUT2D eigenvalue weighted by molar-refractivity contribution is 7.80. The van der Waals surface area contributed by atoms with E-state index in [4.69, 9.17) is 18.0 Å². The zero-order valence-corrected chi connectivity index (χ0v) is 12.3. The highest BCUT2D eigenvalue weighted by Crippen LogP contribution is 2.22. The Kier molecular flexibility index (Phi) is 4.32. The van der Waals surface area contributed by atoms with E-state index in [1.165, 1.54) is 6.07 Å². The Morgan fingerprint density at radius 3 is 2.65 bits per heavy atom. The smallest absolute Gasteiger partial charge is 0.161 e. The van der Waals surface area contributed by atoms with Crippen molar-refractivity contribution >= 4 is 28.2 Å². The van der Waals surface area contributed by atoms with Crippen LogP contribution in [0.1, 0.15) is 26.1 Å². The number of rotatable bonds is 5. The lowest BCUT2D eigenvalue weighted by Crippen LogP contribution is -2.23. The fourth-order valence-electron chi connectivity index (χ4n) is 2.15. The van der Waals surface area contributed by atoms with Crippen LogP contribution in [0.5, 0.6) is 0 Å². The summed E-state index contributed by atoms with van der Waals surface area (Å²) in [6.45, 7) is 4.46. The van der Waals surface area contributed by atoms with Gasteiger partial charge in [0.25, 0.3) is 0 Å². The second kappa shape index (κ2) is 5.83. The van der Waals surface area contributed by atoms with E-state index in [2.05, 4.69) is 4.98 Å². The molecule has 2 N–H and O–H groups in total. The van der Waals surface area contributed by atoms with Gasteiger partial charge in [-0.05, 0) is 6.42 Å². The summed E-state index contributed by atoms with van der Waals surface area (Å²) in [4.78, 5) is 4.79. The molecule has 3 nitrogen and oxygen atoms in total. The average molecular weight is 297 g/mol. The van der Waals surface area contributed by atoms with Gasteiger partial charge in [0, 0.05) is 31.0 Å². The fourth-order valence-corrected chi connectivity index (χ4v) is 2.23. The molecular formula is C14H17F2N3S. The molecule has 0 saturated heterocycles. The Labute approximate surface area is 121 Å². The van der Waals surface area contributed by atoms with Crippen molar-refractivity contribution in [3.63, 3.8) is 0 Å². The van der Waals surface area contributed by atoms with E-state index in [-0.39, 0.29) is 5.92 Å². The standard InChI is InChI=1S/C14H17F2N3S/c1-3-4-13-18-11-5-9(15)10(16)6-12(11)19(13)7-8(2)14(17)20/h5-6,8H,3-4,7H2,1-2H3,(H2,17,20). The first-order chi connectivity index (χ1) is 9.43. The van der Waals surface area contributed by atoms with Gasteiger partial charge in [-0.15, -0.1) is 0 Å². The van der Waals surface area contributed by atoms with Gasteiger partial charge in [0.15, 0.2) is 11.6 Å². The molecule has 20 heavy (non-hydrogen) atoms. The molecule has 0 aliphatic carbocycles. The predicted octanol–water partition coefficient (Wildman–Crippen LogP) is 3.19. The minimum atomic E-state index is -0.882. The summed E-state index contributed by atoms with van der Waals surface area (Å²) in [5, 5.41) is 0. The molecule has 0 bridgehead atoms. The SMILES string of the molecule is CCCc1nc2cc(F)c(F)cc2n1CC(C)C(N)=S. The molecule has 6 heteroatoms. The Hall–Kier alpha value is -1.56. The third-order valence-electron chi connectivity index (χ3n) is 3.29. The van der Waals surface area contributed by atoms with Crippen molar-refractivity contribution < 1.29 is 8.78 Å². The van der Waals surface area contributed by atoms with Crippen LogP contribution in [0, 0.1) is 17.6 Å². The van der Waals surface area contributed by atoms with Crippen molar-refractivity contribution in [1.82, 2.24) is 9.55 Å². The second-order valence-corrected chi connectivity index (χ2v) is 5.42. The summed E-state index contributed by atoms with van der Waals surface area (Å²) in [5.74, 6) is -0.987. The number of hydrogen-bond acceptors (Lipinski definition) is 2. The Morgan fingerprint density at radius 1 is 1.40 bits per heavy atom. The minimum absolute atomic E-state index is 0.0360. The van der Waals surface area contributed by atoms with Gasteiger partial charge < -0.3 is 10.3 Å². The van der Waals surface area contributed by atoms with Crippen LogP contribution in [0.3, 0.4) is 0 Å². The Morgan fingerprint density at radius 2 is 2.05 bits per heavy atom. The largest absolute Gasteiger partial charge is 0.393 e. The summed E-state index contributed by atoms with van der Waals surface area (Å²) in [5.41, 5.74) is 6.68. The summed E-state index contributed by atoms with van der Waals surface area (Å²) in [7, 11) is 0. The Bertz CT molecular complexity index is 651. The molecule has 0 amide bonds. The quantitative estimate of drug-likeness (QED) is 0.862. The molecule has 0 radical (unpaired) electrons. The van der Waals surface area contributed by atoms with Crippen LogP contribution in [0.25, 0.3) is 11.0 Å². The van der Waals surface area contributed by atoms with Crippen molar-refractivity contribution in [2.24, 2.45) is 11.7 Å². The first-order valence-corrected chi connectivity index (χ1v) is 6.98. The maximum atomic E-state index is 13.5. The van der Waals surface area contributed by atoms with Crippen LogP contribution in [-0.2, 0) is 13.0 Å². The van der Waals surface area contributed by atoms with Crippen LogP contribution in [0.2, 0.25) is 0 Å². The maximum Gasteiger partial charge on any atom is 0.161 e. The van der Waals surface area contributed by atoms with E-state index in [1.54, 1.807) is 0 Å². The monoisotopic (exact) mass is 297 g/mol. The lowest BCUT2D eigenvalue weighted by molar-refractivity contribution is 0.509. The molecule has 0 aliphatic heterocycles. The molecule has 1 aromatic heterocycles. The van der Waals surface area contributed by atoms with Gasteiger partial charge in [-0.25, -0.2) is 13.8 Å². The van der Waals surface area contributed by atoms with E-state index >= 15 is 0 Å². The first kappa shape index (κ1) is 14.8. The number of benzene rings is 1. The molecule has 0 saturated carbocycles. The molecule has 108 valence electrons. The van der Waals surface area contributed by atoms with Crippen molar-refractivity contribution in [3.05, 3.63) is 29.6 Å². The van der Waals surface area contributed by atoms with Crippen LogP contribution in [0.4, 0.5) is 8.78 Å². The third-order valence-corrected chi connectivity index (χ3v) is 3.69. The zero-order chi connectivity index (χ0) is 14.9. The molecule has 0 fully saturated rings. The number of thiocarbonyl (C=S) groups is 1. The molecular weight excluding hydrogens is 280 g/mol. The molecule has 1 heterocycles. The summed E-state index contributed by atoms with van der Waals surface area (Å²) >= 11 is 4.98. The van der Waals surface area contributed by atoms with Crippen LogP contribution >= 0.6 is 12.2 Å². The first-order valence-electron chi connectivity index (χ1n) is 6.57. The topological polar surface area (TPSA) is 43.8 Å².